The molecule has 94 valence electrons. The van der Waals surface area contributed by atoms with Gasteiger partial charge in [-0.2, -0.15) is 13.2 Å². The number of hydrogen-bond donors (Lipinski definition) is 1. The molecule has 0 saturated heterocycles. The molecule has 1 aromatic carbocycles. The molecule has 0 fully saturated rings. The van der Waals surface area contributed by atoms with Gasteiger partial charge in [0.05, 0.1) is 23.0 Å². The molecule has 0 aliphatic heterocycles. The first-order valence-electron chi connectivity index (χ1n) is 4.49. The molecule has 0 aliphatic carbocycles. The number of benzene rings is 1. The first kappa shape index (κ1) is 14.2. The van der Waals surface area contributed by atoms with Gasteiger partial charge >= 0.3 is 6.18 Å². The van der Waals surface area contributed by atoms with Crippen molar-refractivity contribution in [2.24, 2.45) is 0 Å². The second-order valence-corrected chi connectivity index (χ2v) is 4.15. The van der Waals surface area contributed by atoms with E-state index in [2.05, 4.69) is 26.0 Å². The average molecular weight is 328 g/mol. The van der Waals surface area contributed by atoms with Gasteiger partial charge in [0.2, 0.25) is 0 Å². The smallest absolute Gasteiger partial charge is 0.420 e. The van der Waals surface area contributed by atoms with E-state index in [1.165, 1.54) is 19.2 Å². The molecule has 0 aliphatic rings. The normalized spacial score (nSPS) is 11.1. The van der Waals surface area contributed by atoms with Crippen LogP contribution in [0.4, 0.5) is 18.9 Å². The highest BCUT2D eigenvalue weighted by molar-refractivity contribution is 9.09. The molecule has 1 N–H and O–H groups in total. The monoisotopic (exact) mass is 327 g/mol. The molecule has 0 saturated carbocycles. The maximum atomic E-state index is 12.7. The number of anilines is 1. The van der Waals surface area contributed by atoms with Crippen LogP contribution in [0.25, 0.3) is 0 Å². The maximum Gasteiger partial charge on any atom is 0.420 e. The summed E-state index contributed by atoms with van der Waals surface area (Å²) >= 11 is 7.97. The number of thiocarbonyl (C=S) groups is 1. The van der Waals surface area contributed by atoms with Gasteiger partial charge in [0.1, 0.15) is 5.75 Å². The summed E-state index contributed by atoms with van der Waals surface area (Å²) in [4.78, 5) is 0.406. The van der Waals surface area contributed by atoms with E-state index in [1.807, 2.05) is 0 Å². The molecule has 1 aromatic rings. The van der Waals surface area contributed by atoms with Gasteiger partial charge in [0, 0.05) is 5.69 Å². The van der Waals surface area contributed by atoms with E-state index in [0.29, 0.717) is 10.3 Å². The first-order chi connectivity index (χ1) is 7.88. The van der Waals surface area contributed by atoms with Crippen molar-refractivity contribution >= 4 is 38.8 Å². The molecule has 0 heterocycles. The standard InChI is InChI=1S/C10H9BrF3NOS/c1-16-8-3-2-6(15-9(17)5-11)4-7(8)10(12,13)14/h2-4H,5H2,1H3,(H,15,17). The number of methoxy groups -OCH3 is 1. The van der Waals surface area contributed by atoms with E-state index in [9.17, 15) is 13.2 Å². The van der Waals surface area contributed by atoms with Crippen molar-refractivity contribution in [2.45, 2.75) is 6.18 Å². The third kappa shape index (κ3) is 3.85. The van der Waals surface area contributed by atoms with Crippen LogP contribution in [-0.4, -0.2) is 17.4 Å². The Morgan fingerprint density at radius 1 is 1.47 bits per heavy atom. The quantitative estimate of drug-likeness (QED) is 0.673. The van der Waals surface area contributed by atoms with Gasteiger partial charge in [0.15, 0.2) is 0 Å². The van der Waals surface area contributed by atoms with Gasteiger partial charge in [-0.05, 0) is 18.2 Å². The third-order valence-corrected chi connectivity index (χ3v) is 3.09. The molecule has 0 aromatic heterocycles. The molecule has 0 amide bonds. The van der Waals surface area contributed by atoms with E-state index in [1.54, 1.807) is 0 Å². The predicted molar refractivity (Wildman–Crippen MR) is 68.0 cm³/mol. The summed E-state index contributed by atoms with van der Waals surface area (Å²) in [5.74, 6) is -0.215. The molecule has 0 spiro atoms. The Morgan fingerprint density at radius 2 is 2.12 bits per heavy atom. The van der Waals surface area contributed by atoms with Crippen molar-refractivity contribution in [3.05, 3.63) is 23.8 Å². The summed E-state index contributed by atoms with van der Waals surface area (Å²) in [7, 11) is 1.20. The number of alkyl halides is 4. The van der Waals surface area contributed by atoms with E-state index in [4.69, 9.17) is 12.2 Å². The van der Waals surface area contributed by atoms with Crippen molar-refractivity contribution in [3.8, 4) is 5.75 Å². The van der Waals surface area contributed by atoms with Crippen molar-refractivity contribution in [3.63, 3.8) is 0 Å². The minimum atomic E-state index is -4.46. The Balaban J connectivity index is 3.09. The molecule has 0 atom stereocenters. The highest BCUT2D eigenvalue weighted by atomic mass is 79.9. The predicted octanol–water partition coefficient (Wildman–Crippen LogP) is 3.85. The minimum absolute atomic E-state index is 0.215. The fourth-order valence-electron chi connectivity index (χ4n) is 1.20. The second kappa shape index (κ2) is 5.68. The molecule has 17 heavy (non-hydrogen) atoms. The van der Waals surface area contributed by atoms with Crippen LogP contribution in [0.5, 0.6) is 5.75 Å². The number of nitrogens with one attached hydrogen (secondary N) is 1. The number of halogens is 4. The fourth-order valence-corrected chi connectivity index (χ4v) is 1.46. The van der Waals surface area contributed by atoms with Crippen LogP contribution in [0.2, 0.25) is 0 Å². The third-order valence-electron chi connectivity index (χ3n) is 1.91. The summed E-state index contributed by atoms with van der Waals surface area (Å²) in [5.41, 5.74) is -0.551. The highest BCUT2D eigenvalue weighted by Gasteiger charge is 2.34. The van der Waals surface area contributed by atoms with Gasteiger partial charge in [-0.3, -0.25) is 0 Å². The molecular weight excluding hydrogens is 319 g/mol. The molecule has 2 nitrogen and oxygen atoms in total. The Kier molecular flexibility index (Phi) is 4.76. The summed E-state index contributed by atoms with van der Waals surface area (Å²) in [6.07, 6.45) is -4.46. The zero-order valence-corrected chi connectivity index (χ0v) is 11.2. The van der Waals surface area contributed by atoms with Crippen LogP contribution < -0.4 is 10.1 Å². The second-order valence-electron chi connectivity index (χ2n) is 3.09. The number of rotatable bonds is 3. The Hall–Kier alpha value is -0.820. The summed E-state index contributed by atoms with van der Waals surface area (Å²) in [6, 6.07) is 3.69. The van der Waals surface area contributed by atoms with Crippen LogP contribution >= 0.6 is 28.1 Å². The van der Waals surface area contributed by atoms with Gasteiger partial charge in [0.25, 0.3) is 0 Å². The summed E-state index contributed by atoms with van der Waals surface area (Å²) in [6.45, 7) is 0. The SMILES string of the molecule is COc1ccc(NC(=S)CBr)cc1C(F)(F)F. The molecule has 0 bridgehead atoms. The van der Waals surface area contributed by atoms with Crippen LogP contribution in [0.1, 0.15) is 5.56 Å². The van der Waals surface area contributed by atoms with Gasteiger partial charge in [-0.15, -0.1) is 0 Å². The number of hydrogen-bond acceptors (Lipinski definition) is 2. The molecular formula is C10H9BrF3NOS. The van der Waals surface area contributed by atoms with Gasteiger partial charge in [-0.25, -0.2) is 0 Å². The largest absolute Gasteiger partial charge is 0.496 e. The lowest BCUT2D eigenvalue weighted by molar-refractivity contribution is -0.138. The molecule has 7 heteroatoms. The van der Waals surface area contributed by atoms with E-state index in [-0.39, 0.29) is 11.4 Å². The van der Waals surface area contributed by atoms with Crippen molar-refractivity contribution in [2.75, 3.05) is 17.8 Å². The summed E-state index contributed by atoms with van der Waals surface area (Å²) < 4.78 is 42.7. The lowest BCUT2D eigenvalue weighted by Gasteiger charge is -2.14. The topological polar surface area (TPSA) is 21.3 Å². The zero-order chi connectivity index (χ0) is 13.1. The maximum absolute atomic E-state index is 12.7. The highest BCUT2D eigenvalue weighted by Crippen LogP contribution is 2.37. The number of ether oxygens (including phenoxy) is 1. The van der Waals surface area contributed by atoms with Crippen LogP contribution in [0, 0.1) is 0 Å². The lowest BCUT2D eigenvalue weighted by Crippen LogP contribution is -2.12. The van der Waals surface area contributed by atoms with Crippen molar-refractivity contribution in [1.82, 2.24) is 0 Å². The van der Waals surface area contributed by atoms with Crippen LogP contribution in [-0.2, 0) is 6.18 Å². The zero-order valence-electron chi connectivity index (χ0n) is 8.77. The van der Waals surface area contributed by atoms with Crippen LogP contribution in [0.15, 0.2) is 18.2 Å². The van der Waals surface area contributed by atoms with Crippen molar-refractivity contribution in [1.29, 1.82) is 0 Å². The fraction of sp³-hybridized carbons (Fsp3) is 0.300. The Labute approximate surface area is 110 Å². The summed E-state index contributed by atoms with van der Waals surface area (Å²) in [5, 5.41) is 3.07. The Morgan fingerprint density at radius 3 is 2.59 bits per heavy atom. The van der Waals surface area contributed by atoms with Gasteiger partial charge in [-0.1, -0.05) is 28.1 Å². The Bertz CT molecular complexity index is 423. The van der Waals surface area contributed by atoms with E-state index in [0.717, 1.165) is 6.07 Å². The van der Waals surface area contributed by atoms with Crippen molar-refractivity contribution < 1.29 is 17.9 Å². The molecule has 0 unspecified atom stereocenters. The molecule has 1 rings (SSSR count). The lowest BCUT2D eigenvalue weighted by atomic mass is 10.1. The van der Waals surface area contributed by atoms with E-state index < -0.39 is 11.7 Å². The minimum Gasteiger partial charge on any atom is -0.496 e. The first-order valence-corrected chi connectivity index (χ1v) is 6.02. The van der Waals surface area contributed by atoms with E-state index >= 15 is 0 Å². The van der Waals surface area contributed by atoms with Gasteiger partial charge < -0.3 is 10.1 Å². The van der Waals surface area contributed by atoms with Crippen LogP contribution in [0.3, 0.4) is 0 Å². The average Bonchev–Trinajstić information content (AvgIpc) is 2.27. The molecule has 0 radical (unpaired) electrons.